The number of hydrogen-bond donors (Lipinski definition) is 1. The first-order chi connectivity index (χ1) is 8.55. The second-order valence-electron chi connectivity index (χ2n) is 5.91. The number of benzene rings is 1. The lowest BCUT2D eigenvalue weighted by atomic mass is 9.95. The standard InChI is InChI=1S/C15H20O3/c1-15(2)9-10-4-3-5-12(14(10)18-15)13-8-11(16)6-7-17-13/h3-5,11,13,16H,6-9H2,1-2H3. The van der Waals surface area contributed by atoms with Gasteiger partial charge in [-0.05, 0) is 25.8 Å². The Balaban J connectivity index is 1.92. The van der Waals surface area contributed by atoms with E-state index in [-0.39, 0.29) is 17.8 Å². The van der Waals surface area contributed by atoms with Crippen LogP contribution in [-0.2, 0) is 11.2 Å². The highest BCUT2D eigenvalue weighted by molar-refractivity contribution is 5.47. The van der Waals surface area contributed by atoms with Crippen LogP contribution in [0.5, 0.6) is 5.75 Å². The topological polar surface area (TPSA) is 38.7 Å². The molecule has 2 unspecified atom stereocenters. The Kier molecular flexibility index (Phi) is 2.83. The molecule has 1 saturated heterocycles. The summed E-state index contributed by atoms with van der Waals surface area (Å²) in [7, 11) is 0. The Hall–Kier alpha value is -1.06. The maximum Gasteiger partial charge on any atom is 0.129 e. The maximum atomic E-state index is 9.77. The van der Waals surface area contributed by atoms with Gasteiger partial charge in [0.2, 0.25) is 0 Å². The largest absolute Gasteiger partial charge is 0.487 e. The Morgan fingerprint density at radius 2 is 2.17 bits per heavy atom. The van der Waals surface area contributed by atoms with Gasteiger partial charge in [-0.15, -0.1) is 0 Å². The van der Waals surface area contributed by atoms with Gasteiger partial charge in [0.15, 0.2) is 0 Å². The maximum absolute atomic E-state index is 9.77. The third kappa shape index (κ3) is 2.13. The third-order valence-electron chi connectivity index (χ3n) is 3.72. The van der Waals surface area contributed by atoms with Crippen molar-refractivity contribution in [3.8, 4) is 5.75 Å². The second kappa shape index (κ2) is 4.25. The molecule has 1 aromatic carbocycles. The van der Waals surface area contributed by atoms with Gasteiger partial charge in [0, 0.05) is 25.0 Å². The van der Waals surface area contributed by atoms with Crippen LogP contribution in [0, 0.1) is 0 Å². The average Bonchev–Trinajstić information content (AvgIpc) is 2.62. The molecule has 0 aromatic heterocycles. The number of fused-ring (bicyclic) bond motifs is 1. The van der Waals surface area contributed by atoms with Gasteiger partial charge in [-0.2, -0.15) is 0 Å². The van der Waals surface area contributed by atoms with Crippen LogP contribution in [0.3, 0.4) is 0 Å². The first-order valence-corrected chi connectivity index (χ1v) is 6.66. The number of aliphatic hydroxyl groups is 1. The summed E-state index contributed by atoms with van der Waals surface area (Å²) in [6.07, 6.45) is 2.05. The smallest absolute Gasteiger partial charge is 0.129 e. The van der Waals surface area contributed by atoms with E-state index in [2.05, 4.69) is 32.0 Å². The molecule has 3 nitrogen and oxygen atoms in total. The fourth-order valence-corrected chi connectivity index (χ4v) is 2.89. The summed E-state index contributed by atoms with van der Waals surface area (Å²) in [5.41, 5.74) is 2.21. The lowest BCUT2D eigenvalue weighted by molar-refractivity contribution is -0.0461. The summed E-state index contributed by atoms with van der Waals surface area (Å²) in [4.78, 5) is 0. The van der Waals surface area contributed by atoms with Gasteiger partial charge < -0.3 is 14.6 Å². The van der Waals surface area contributed by atoms with Crippen molar-refractivity contribution in [1.29, 1.82) is 0 Å². The first-order valence-electron chi connectivity index (χ1n) is 6.66. The van der Waals surface area contributed by atoms with Crippen LogP contribution < -0.4 is 4.74 Å². The highest BCUT2D eigenvalue weighted by atomic mass is 16.5. The van der Waals surface area contributed by atoms with E-state index < -0.39 is 0 Å². The van der Waals surface area contributed by atoms with Gasteiger partial charge in [-0.25, -0.2) is 0 Å². The molecule has 2 aliphatic rings. The highest BCUT2D eigenvalue weighted by Crippen LogP contribution is 2.42. The predicted octanol–water partition coefficient (Wildman–Crippen LogP) is 2.61. The molecule has 0 bridgehead atoms. The predicted molar refractivity (Wildman–Crippen MR) is 68.8 cm³/mol. The van der Waals surface area contributed by atoms with E-state index in [1.54, 1.807) is 0 Å². The number of hydrogen-bond acceptors (Lipinski definition) is 3. The number of ether oxygens (including phenoxy) is 2. The van der Waals surface area contributed by atoms with Crippen LogP contribution >= 0.6 is 0 Å². The molecule has 1 N–H and O–H groups in total. The summed E-state index contributed by atoms with van der Waals surface area (Å²) in [6.45, 7) is 4.83. The van der Waals surface area contributed by atoms with Gasteiger partial charge in [0.05, 0.1) is 12.2 Å². The molecule has 3 rings (SSSR count). The zero-order valence-corrected chi connectivity index (χ0v) is 11.0. The second-order valence-corrected chi connectivity index (χ2v) is 5.91. The fourth-order valence-electron chi connectivity index (χ4n) is 2.89. The van der Waals surface area contributed by atoms with E-state index >= 15 is 0 Å². The van der Waals surface area contributed by atoms with Crippen LogP contribution in [0.2, 0.25) is 0 Å². The Morgan fingerprint density at radius 1 is 1.33 bits per heavy atom. The van der Waals surface area contributed by atoms with Crippen molar-refractivity contribution in [2.24, 2.45) is 0 Å². The molecule has 1 aromatic rings. The summed E-state index contributed by atoms with van der Waals surface area (Å²) in [6, 6.07) is 6.24. The van der Waals surface area contributed by atoms with E-state index in [0.717, 1.165) is 24.2 Å². The van der Waals surface area contributed by atoms with Crippen LogP contribution in [0.15, 0.2) is 18.2 Å². The molecule has 0 amide bonds. The van der Waals surface area contributed by atoms with Crippen molar-refractivity contribution >= 4 is 0 Å². The number of aliphatic hydroxyl groups excluding tert-OH is 1. The Bertz CT molecular complexity index is 453. The van der Waals surface area contributed by atoms with Crippen molar-refractivity contribution in [2.45, 2.75) is 50.9 Å². The molecular weight excluding hydrogens is 228 g/mol. The third-order valence-corrected chi connectivity index (χ3v) is 3.72. The van der Waals surface area contributed by atoms with Crippen LogP contribution in [0.25, 0.3) is 0 Å². The number of para-hydroxylation sites is 1. The monoisotopic (exact) mass is 248 g/mol. The Labute approximate surface area is 108 Å². The van der Waals surface area contributed by atoms with Gasteiger partial charge in [-0.3, -0.25) is 0 Å². The van der Waals surface area contributed by atoms with Gasteiger partial charge >= 0.3 is 0 Å². The molecule has 0 saturated carbocycles. The van der Waals surface area contributed by atoms with Crippen molar-refractivity contribution in [2.75, 3.05) is 6.61 Å². The summed E-state index contributed by atoms with van der Waals surface area (Å²) < 4.78 is 11.8. The molecule has 0 radical (unpaired) electrons. The van der Waals surface area contributed by atoms with E-state index in [4.69, 9.17) is 9.47 Å². The lowest BCUT2D eigenvalue weighted by Gasteiger charge is -2.28. The molecular formula is C15H20O3. The van der Waals surface area contributed by atoms with E-state index in [1.165, 1.54) is 5.56 Å². The van der Waals surface area contributed by atoms with Gasteiger partial charge in [0.25, 0.3) is 0 Å². The minimum absolute atomic E-state index is 0.0300. The van der Waals surface area contributed by atoms with E-state index in [1.807, 2.05) is 0 Å². The molecule has 2 atom stereocenters. The quantitative estimate of drug-likeness (QED) is 0.830. The normalized spacial score (nSPS) is 29.7. The summed E-state index contributed by atoms with van der Waals surface area (Å²) in [5, 5.41) is 9.77. The zero-order chi connectivity index (χ0) is 12.8. The van der Waals surface area contributed by atoms with Crippen molar-refractivity contribution in [3.63, 3.8) is 0 Å². The van der Waals surface area contributed by atoms with Crippen molar-refractivity contribution in [3.05, 3.63) is 29.3 Å². The summed E-state index contributed by atoms with van der Waals surface area (Å²) in [5.74, 6) is 0.974. The van der Waals surface area contributed by atoms with E-state index in [9.17, 15) is 5.11 Å². The average molecular weight is 248 g/mol. The summed E-state index contributed by atoms with van der Waals surface area (Å²) >= 11 is 0. The molecule has 0 aliphatic carbocycles. The minimum atomic E-state index is -0.256. The van der Waals surface area contributed by atoms with Crippen LogP contribution in [-0.4, -0.2) is 23.4 Å². The minimum Gasteiger partial charge on any atom is -0.487 e. The Morgan fingerprint density at radius 3 is 2.94 bits per heavy atom. The molecule has 98 valence electrons. The molecule has 3 heteroatoms. The van der Waals surface area contributed by atoms with Gasteiger partial charge in [-0.1, -0.05) is 18.2 Å². The highest BCUT2D eigenvalue weighted by Gasteiger charge is 2.34. The molecule has 2 heterocycles. The SMILES string of the molecule is CC1(C)Cc2cccc(C3CC(O)CCO3)c2O1. The number of rotatable bonds is 1. The molecule has 18 heavy (non-hydrogen) atoms. The lowest BCUT2D eigenvalue weighted by Crippen LogP contribution is -2.26. The van der Waals surface area contributed by atoms with Gasteiger partial charge in [0.1, 0.15) is 11.4 Å². The fraction of sp³-hybridized carbons (Fsp3) is 0.600. The van der Waals surface area contributed by atoms with Crippen LogP contribution in [0.4, 0.5) is 0 Å². The molecule has 1 fully saturated rings. The van der Waals surface area contributed by atoms with E-state index in [0.29, 0.717) is 13.0 Å². The van der Waals surface area contributed by atoms with Crippen molar-refractivity contribution < 1.29 is 14.6 Å². The van der Waals surface area contributed by atoms with Crippen LogP contribution in [0.1, 0.15) is 43.9 Å². The molecule has 2 aliphatic heterocycles. The van der Waals surface area contributed by atoms with Crippen molar-refractivity contribution in [1.82, 2.24) is 0 Å². The zero-order valence-electron chi connectivity index (χ0n) is 11.0. The molecule has 0 spiro atoms. The first kappa shape index (κ1) is 12.0.